The Balaban J connectivity index is 1.99. The van der Waals surface area contributed by atoms with Gasteiger partial charge >= 0.3 is 0 Å². The van der Waals surface area contributed by atoms with E-state index in [1.807, 2.05) is 13.8 Å². The van der Waals surface area contributed by atoms with E-state index in [0.717, 1.165) is 37.0 Å². The van der Waals surface area contributed by atoms with Crippen molar-refractivity contribution < 1.29 is 13.2 Å². The summed E-state index contributed by atoms with van der Waals surface area (Å²) >= 11 is 0. The van der Waals surface area contributed by atoms with Gasteiger partial charge in [-0.1, -0.05) is 0 Å². The second kappa shape index (κ2) is 6.77. The van der Waals surface area contributed by atoms with Crippen molar-refractivity contribution in [3.8, 4) is 0 Å². The highest BCUT2D eigenvalue weighted by Gasteiger charge is 2.20. The van der Waals surface area contributed by atoms with Gasteiger partial charge in [0.25, 0.3) is 0 Å². The highest BCUT2D eigenvalue weighted by atomic mass is 32.2. The van der Waals surface area contributed by atoms with Gasteiger partial charge in [0.15, 0.2) is 0 Å². The molecule has 2 rings (SSSR count). The first-order valence-corrected chi connectivity index (χ1v) is 8.86. The molecule has 3 N–H and O–H groups in total. The lowest BCUT2D eigenvalue weighted by Gasteiger charge is -2.22. The van der Waals surface area contributed by atoms with Crippen molar-refractivity contribution in [1.29, 1.82) is 0 Å². The Labute approximate surface area is 126 Å². The van der Waals surface area contributed by atoms with E-state index >= 15 is 0 Å². The first-order valence-electron chi connectivity index (χ1n) is 7.38. The monoisotopic (exact) mass is 312 g/mol. The van der Waals surface area contributed by atoms with E-state index in [1.54, 1.807) is 12.1 Å². The minimum Gasteiger partial charge on any atom is -0.398 e. The lowest BCUT2D eigenvalue weighted by atomic mass is 10.1. The Morgan fingerprint density at radius 2 is 2.00 bits per heavy atom. The maximum atomic E-state index is 12.3. The summed E-state index contributed by atoms with van der Waals surface area (Å²) in [7, 11) is -3.56. The van der Waals surface area contributed by atoms with Gasteiger partial charge in [-0.25, -0.2) is 13.1 Å². The molecule has 0 amide bonds. The number of rotatable bonds is 5. The average molecular weight is 312 g/mol. The Morgan fingerprint density at radius 3 is 2.67 bits per heavy atom. The zero-order valence-corrected chi connectivity index (χ0v) is 13.5. The van der Waals surface area contributed by atoms with Gasteiger partial charge in [0.1, 0.15) is 4.90 Å². The molecule has 1 fully saturated rings. The van der Waals surface area contributed by atoms with Crippen molar-refractivity contribution in [3.05, 3.63) is 23.3 Å². The Bertz CT molecular complexity index is 593. The molecule has 0 spiro atoms. The third-order valence-electron chi connectivity index (χ3n) is 3.95. The van der Waals surface area contributed by atoms with Gasteiger partial charge in [0.2, 0.25) is 10.0 Å². The van der Waals surface area contributed by atoms with E-state index in [2.05, 4.69) is 4.72 Å². The standard InChI is InChI=1S/C15H24N2O3S/c1-11-9-14(16)15(10-12(11)2)21(18,19)17-7-6-13-5-3-4-8-20-13/h9-10,13,17H,3-8,16H2,1-2H3. The molecule has 118 valence electrons. The van der Waals surface area contributed by atoms with Crippen LogP contribution in [-0.2, 0) is 14.8 Å². The van der Waals surface area contributed by atoms with Crippen LogP contribution in [0.2, 0.25) is 0 Å². The molecule has 1 saturated heterocycles. The summed E-state index contributed by atoms with van der Waals surface area (Å²) < 4.78 is 32.9. The van der Waals surface area contributed by atoms with Crippen molar-refractivity contribution in [3.63, 3.8) is 0 Å². The maximum absolute atomic E-state index is 12.3. The quantitative estimate of drug-likeness (QED) is 0.816. The molecule has 0 bridgehead atoms. The fourth-order valence-corrected chi connectivity index (χ4v) is 3.76. The Kier molecular flexibility index (Phi) is 5.24. The SMILES string of the molecule is Cc1cc(N)c(S(=O)(=O)NCCC2CCCCO2)cc1C. The summed E-state index contributed by atoms with van der Waals surface area (Å²) in [5.41, 5.74) is 8.04. The lowest BCUT2D eigenvalue weighted by Crippen LogP contribution is -2.30. The van der Waals surface area contributed by atoms with Crippen molar-refractivity contribution in [2.24, 2.45) is 0 Å². The molecule has 0 radical (unpaired) electrons. The normalized spacial score (nSPS) is 19.6. The smallest absolute Gasteiger partial charge is 0.242 e. The molecule has 1 atom stereocenters. The molecule has 0 aromatic heterocycles. The van der Waals surface area contributed by atoms with Crippen molar-refractivity contribution in [2.75, 3.05) is 18.9 Å². The van der Waals surface area contributed by atoms with Crippen LogP contribution in [0, 0.1) is 13.8 Å². The largest absolute Gasteiger partial charge is 0.398 e. The molecular formula is C15H24N2O3S. The van der Waals surface area contributed by atoms with Crippen LogP contribution >= 0.6 is 0 Å². The number of nitrogens with two attached hydrogens (primary N) is 1. The van der Waals surface area contributed by atoms with Crippen molar-refractivity contribution in [2.45, 2.75) is 50.5 Å². The molecule has 1 unspecified atom stereocenters. The second-order valence-corrected chi connectivity index (χ2v) is 7.38. The van der Waals surface area contributed by atoms with E-state index in [1.165, 1.54) is 0 Å². The van der Waals surface area contributed by atoms with E-state index in [4.69, 9.17) is 10.5 Å². The van der Waals surface area contributed by atoms with E-state index in [0.29, 0.717) is 18.7 Å². The van der Waals surface area contributed by atoms with Gasteiger partial charge in [-0.15, -0.1) is 0 Å². The van der Waals surface area contributed by atoms with E-state index in [-0.39, 0.29) is 11.0 Å². The fraction of sp³-hybridized carbons (Fsp3) is 0.600. The molecule has 1 aliphatic heterocycles. The molecule has 5 nitrogen and oxygen atoms in total. The van der Waals surface area contributed by atoms with Crippen LogP contribution < -0.4 is 10.5 Å². The number of nitrogens with one attached hydrogen (secondary N) is 1. The van der Waals surface area contributed by atoms with Crippen LogP contribution in [0.4, 0.5) is 5.69 Å². The number of ether oxygens (including phenoxy) is 1. The number of aryl methyl sites for hydroxylation is 2. The number of benzene rings is 1. The minimum atomic E-state index is -3.56. The lowest BCUT2D eigenvalue weighted by molar-refractivity contribution is 0.0123. The van der Waals surface area contributed by atoms with Gasteiger partial charge in [-0.3, -0.25) is 0 Å². The summed E-state index contributed by atoms with van der Waals surface area (Å²) in [6, 6.07) is 3.33. The van der Waals surface area contributed by atoms with Crippen LogP contribution in [0.5, 0.6) is 0 Å². The first-order chi connectivity index (χ1) is 9.90. The van der Waals surface area contributed by atoms with E-state index in [9.17, 15) is 8.42 Å². The predicted octanol–water partition coefficient (Wildman–Crippen LogP) is 2.12. The zero-order chi connectivity index (χ0) is 15.5. The molecule has 1 aromatic rings. The van der Waals surface area contributed by atoms with Crippen molar-refractivity contribution >= 4 is 15.7 Å². The summed E-state index contributed by atoms with van der Waals surface area (Å²) in [5.74, 6) is 0. The number of anilines is 1. The predicted molar refractivity (Wildman–Crippen MR) is 83.7 cm³/mol. The summed E-state index contributed by atoms with van der Waals surface area (Å²) in [6.07, 6.45) is 4.12. The first kappa shape index (κ1) is 16.3. The van der Waals surface area contributed by atoms with Crippen LogP contribution in [-0.4, -0.2) is 27.7 Å². The van der Waals surface area contributed by atoms with Crippen LogP contribution in [0.1, 0.15) is 36.8 Å². The third kappa shape index (κ3) is 4.18. The summed E-state index contributed by atoms with van der Waals surface area (Å²) in [6.45, 7) is 4.94. The van der Waals surface area contributed by atoms with Gasteiger partial charge < -0.3 is 10.5 Å². The van der Waals surface area contributed by atoms with Crippen molar-refractivity contribution in [1.82, 2.24) is 4.72 Å². The summed E-state index contributed by atoms with van der Waals surface area (Å²) in [5, 5.41) is 0. The number of sulfonamides is 1. The number of nitrogen functional groups attached to an aromatic ring is 1. The molecule has 0 aliphatic carbocycles. The van der Waals surface area contributed by atoms with Crippen LogP contribution in [0.25, 0.3) is 0 Å². The Hall–Kier alpha value is -1.11. The molecule has 0 saturated carbocycles. The van der Waals surface area contributed by atoms with Gasteiger partial charge in [-0.2, -0.15) is 0 Å². The second-order valence-electron chi connectivity index (χ2n) is 5.65. The Morgan fingerprint density at radius 1 is 1.29 bits per heavy atom. The van der Waals surface area contributed by atoms with E-state index < -0.39 is 10.0 Å². The van der Waals surface area contributed by atoms with Gasteiger partial charge in [0.05, 0.1) is 11.8 Å². The molecule has 6 heteroatoms. The molecule has 1 aliphatic rings. The number of hydrogen-bond donors (Lipinski definition) is 2. The molecule has 21 heavy (non-hydrogen) atoms. The minimum absolute atomic E-state index is 0.162. The fourth-order valence-electron chi connectivity index (χ4n) is 2.51. The molecular weight excluding hydrogens is 288 g/mol. The zero-order valence-electron chi connectivity index (χ0n) is 12.7. The topological polar surface area (TPSA) is 81.4 Å². The average Bonchev–Trinajstić information content (AvgIpc) is 2.43. The maximum Gasteiger partial charge on any atom is 0.242 e. The number of hydrogen-bond acceptors (Lipinski definition) is 4. The summed E-state index contributed by atoms with van der Waals surface area (Å²) in [4.78, 5) is 0.162. The van der Waals surface area contributed by atoms with Gasteiger partial charge in [0, 0.05) is 13.2 Å². The molecule has 1 aromatic carbocycles. The van der Waals surface area contributed by atoms with Crippen LogP contribution in [0.15, 0.2) is 17.0 Å². The highest BCUT2D eigenvalue weighted by Crippen LogP contribution is 2.22. The van der Waals surface area contributed by atoms with Gasteiger partial charge in [-0.05, 0) is 62.8 Å². The third-order valence-corrected chi connectivity index (χ3v) is 5.46. The highest BCUT2D eigenvalue weighted by molar-refractivity contribution is 7.89. The molecule has 1 heterocycles. The van der Waals surface area contributed by atoms with Crippen LogP contribution in [0.3, 0.4) is 0 Å².